The van der Waals surface area contributed by atoms with Crippen LogP contribution in [0.5, 0.6) is 0 Å². The smallest absolute Gasteiger partial charge is 0.0175 e. The number of hydrogen-bond donors (Lipinski definition) is 1. The van der Waals surface area contributed by atoms with Gasteiger partial charge in [-0.2, -0.15) is 0 Å². The maximum Gasteiger partial charge on any atom is 0.0175 e. The second kappa shape index (κ2) is 4.59. The van der Waals surface area contributed by atoms with Gasteiger partial charge in [-0.1, -0.05) is 17.7 Å². The molecule has 0 saturated heterocycles. The van der Waals surface area contributed by atoms with Gasteiger partial charge in [0.05, 0.1) is 0 Å². The summed E-state index contributed by atoms with van der Waals surface area (Å²) in [6.45, 7) is 4.33. The highest BCUT2D eigenvalue weighted by atomic mass is 35.5. The van der Waals surface area contributed by atoms with E-state index in [1.807, 2.05) is 26.0 Å². The van der Waals surface area contributed by atoms with Crippen LogP contribution >= 0.6 is 11.6 Å². The standard InChI is InChI=1S/C7H12ClN/c1-3-7(5-9)4-6(2)8/h3-4H,5,9H2,1-2H3/b6-4+,7-3+. The van der Waals surface area contributed by atoms with E-state index in [2.05, 4.69) is 0 Å². The molecule has 2 N–H and O–H groups in total. The van der Waals surface area contributed by atoms with Crippen LogP contribution in [-0.2, 0) is 0 Å². The summed E-state index contributed by atoms with van der Waals surface area (Å²) in [6.07, 6.45) is 3.81. The zero-order valence-corrected chi connectivity index (χ0v) is 6.57. The van der Waals surface area contributed by atoms with Crippen molar-refractivity contribution >= 4 is 11.6 Å². The Morgan fingerprint density at radius 1 is 1.67 bits per heavy atom. The Hall–Kier alpha value is -0.270. The van der Waals surface area contributed by atoms with Crippen LogP contribution in [0.15, 0.2) is 22.8 Å². The van der Waals surface area contributed by atoms with Crippen LogP contribution in [0.4, 0.5) is 0 Å². The molecule has 0 aromatic rings. The molecule has 0 aromatic carbocycles. The number of nitrogens with two attached hydrogens (primary N) is 1. The molecule has 0 heterocycles. The molecule has 0 unspecified atom stereocenters. The van der Waals surface area contributed by atoms with Crippen molar-refractivity contribution in [2.45, 2.75) is 13.8 Å². The molecular weight excluding hydrogens is 134 g/mol. The SMILES string of the molecule is C/C=C(\C=C(/C)Cl)CN. The molecule has 0 aromatic heterocycles. The monoisotopic (exact) mass is 145 g/mol. The van der Waals surface area contributed by atoms with E-state index in [4.69, 9.17) is 17.3 Å². The summed E-state index contributed by atoms with van der Waals surface area (Å²) in [4.78, 5) is 0. The molecular formula is C7H12ClN. The predicted molar refractivity (Wildman–Crippen MR) is 42.4 cm³/mol. The average molecular weight is 146 g/mol. The minimum atomic E-state index is 0.556. The first kappa shape index (κ1) is 8.73. The molecule has 0 amide bonds. The second-order valence-corrected chi connectivity index (χ2v) is 2.40. The van der Waals surface area contributed by atoms with E-state index in [9.17, 15) is 0 Å². The molecule has 0 aliphatic rings. The van der Waals surface area contributed by atoms with Crippen molar-refractivity contribution in [3.63, 3.8) is 0 Å². The van der Waals surface area contributed by atoms with Crippen molar-refractivity contribution in [3.05, 3.63) is 22.8 Å². The van der Waals surface area contributed by atoms with Crippen LogP contribution in [0.3, 0.4) is 0 Å². The zero-order valence-electron chi connectivity index (χ0n) is 5.82. The lowest BCUT2D eigenvalue weighted by Crippen LogP contribution is -2.00. The Labute approximate surface area is 61.2 Å². The van der Waals surface area contributed by atoms with Gasteiger partial charge < -0.3 is 5.73 Å². The topological polar surface area (TPSA) is 26.0 Å². The van der Waals surface area contributed by atoms with Crippen LogP contribution in [0.1, 0.15) is 13.8 Å². The Balaban J connectivity index is 4.01. The lowest BCUT2D eigenvalue weighted by atomic mass is 10.2. The number of hydrogen-bond acceptors (Lipinski definition) is 1. The molecule has 0 fully saturated rings. The van der Waals surface area contributed by atoms with Gasteiger partial charge in [0.1, 0.15) is 0 Å². The van der Waals surface area contributed by atoms with Crippen LogP contribution in [0, 0.1) is 0 Å². The maximum absolute atomic E-state index is 5.59. The van der Waals surface area contributed by atoms with Crippen molar-refractivity contribution < 1.29 is 0 Å². The highest BCUT2D eigenvalue weighted by molar-refractivity contribution is 6.29. The fourth-order valence-electron chi connectivity index (χ4n) is 0.516. The summed E-state index contributed by atoms with van der Waals surface area (Å²) in [6, 6.07) is 0. The fraction of sp³-hybridized carbons (Fsp3) is 0.429. The molecule has 0 rings (SSSR count). The molecule has 1 nitrogen and oxygen atoms in total. The van der Waals surface area contributed by atoms with Gasteiger partial charge in [0.15, 0.2) is 0 Å². The van der Waals surface area contributed by atoms with E-state index >= 15 is 0 Å². The molecule has 0 spiro atoms. The highest BCUT2D eigenvalue weighted by Gasteiger charge is 1.85. The molecule has 0 atom stereocenters. The normalized spacial score (nSPS) is 14.2. The summed E-state index contributed by atoms with van der Waals surface area (Å²) < 4.78 is 0. The summed E-state index contributed by atoms with van der Waals surface area (Å²) in [5.41, 5.74) is 6.43. The van der Waals surface area contributed by atoms with E-state index in [0.717, 1.165) is 10.6 Å². The molecule has 0 aliphatic heterocycles. The van der Waals surface area contributed by atoms with E-state index in [0.29, 0.717) is 6.54 Å². The first-order chi connectivity index (χ1) is 4.20. The van der Waals surface area contributed by atoms with Crippen LogP contribution < -0.4 is 5.73 Å². The number of rotatable bonds is 2. The van der Waals surface area contributed by atoms with Crippen molar-refractivity contribution in [1.82, 2.24) is 0 Å². The minimum absolute atomic E-state index is 0.556. The van der Waals surface area contributed by atoms with Gasteiger partial charge >= 0.3 is 0 Å². The number of halogens is 1. The quantitative estimate of drug-likeness (QED) is 0.592. The summed E-state index contributed by atoms with van der Waals surface area (Å²) in [5.74, 6) is 0. The minimum Gasteiger partial charge on any atom is -0.327 e. The molecule has 9 heavy (non-hydrogen) atoms. The van der Waals surface area contributed by atoms with E-state index in [1.165, 1.54) is 0 Å². The van der Waals surface area contributed by atoms with Gasteiger partial charge in [-0.15, -0.1) is 0 Å². The molecule has 0 radical (unpaired) electrons. The first-order valence-electron chi connectivity index (χ1n) is 2.89. The van der Waals surface area contributed by atoms with Crippen molar-refractivity contribution in [3.8, 4) is 0 Å². The van der Waals surface area contributed by atoms with Gasteiger partial charge in [0.2, 0.25) is 0 Å². The average Bonchev–Trinajstić information content (AvgIpc) is 1.82. The molecule has 52 valence electrons. The third kappa shape index (κ3) is 4.25. The second-order valence-electron chi connectivity index (χ2n) is 1.80. The van der Waals surface area contributed by atoms with Gasteiger partial charge in [0, 0.05) is 11.6 Å². The Bertz CT molecular complexity index is 132. The van der Waals surface area contributed by atoms with E-state index < -0.39 is 0 Å². The van der Waals surface area contributed by atoms with Crippen LogP contribution in [0.25, 0.3) is 0 Å². The Morgan fingerprint density at radius 3 is 2.33 bits per heavy atom. The first-order valence-corrected chi connectivity index (χ1v) is 3.27. The third-order valence-corrected chi connectivity index (χ3v) is 1.10. The summed E-state index contributed by atoms with van der Waals surface area (Å²) in [5, 5.41) is 0.772. The van der Waals surface area contributed by atoms with Gasteiger partial charge in [-0.25, -0.2) is 0 Å². The molecule has 0 saturated carbocycles. The molecule has 0 bridgehead atoms. The van der Waals surface area contributed by atoms with Crippen molar-refractivity contribution in [1.29, 1.82) is 0 Å². The Morgan fingerprint density at radius 2 is 2.22 bits per heavy atom. The molecule has 2 heteroatoms. The molecule has 0 aliphatic carbocycles. The largest absolute Gasteiger partial charge is 0.327 e. The predicted octanol–water partition coefficient (Wildman–Crippen LogP) is 2.03. The highest BCUT2D eigenvalue weighted by Crippen LogP contribution is 2.03. The number of allylic oxidation sites excluding steroid dienone is 2. The summed E-state index contributed by atoms with van der Waals surface area (Å²) in [7, 11) is 0. The van der Waals surface area contributed by atoms with Crippen LogP contribution in [0.2, 0.25) is 0 Å². The fourth-order valence-corrected chi connectivity index (χ4v) is 0.656. The third-order valence-electron chi connectivity index (χ3n) is 0.991. The van der Waals surface area contributed by atoms with Gasteiger partial charge in [-0.3, -0.25) is 0 Å². The zero-order chi connectivity index (χ0) is 7.28. The maximum atomic E-state index is 5.59. The van der Waals surface area contributed by atoms with Crippen molar-refractivity contribution in [2.24, 2.45) is 5.73 Å². The lowest BCUT2D eigenvalue weighted by Gasteiger charge is -1.93. The summed E-state index contributed by atoms with van der Waals surface area (Å²) >= 11 is 5.59. The van der Waals surface area contributed by atoms with E-state index in [1.54, 1.807) is 0 Å². The van der Waals surface area contributed by atoms with Crippen LogP contribution in [-0.4, -0.2) is 6.54 Å². The Kier molecular flexibility index (Phi) is 4.46. The van der Waals surface area contributed by atoms with Crippen molar-refractivity contribution in [2.75, 3.05) is 6.54 Å². The van der Waals surface area contributed by atoms with Gasteiger partial charge in [0.25, 0.3) is 0 Å². The van der Waals surface area contributed by atoms with Gasteiger partial charge in [-0.05, 0) is 25.5 Å². The van der Waals surface area contributed by atoms with E-state index in [-0.39, 0.29) is 0 Å². The lowest BCUT2D eigenvalue weighted by molar-refractivity contribution is 1.18.